The van der Waals surface area contributed by atoms with Crippen LogP contribution in [0.2, 0.25) is 0 Å². The van der Waals surface area contributed by atoms with E-state index in [2.05, 4.69) is 47.0 Å². The Hall–Kier alpha value is -0.970. The van der Waals surface area contributed by atoms with Crippen molar-refractivity contribution in [3.05, 3.63) is 33.2 Å². The van der Waals surface area contributed by atoms with Crippen LogP contribution in [0, 0.1) is 0 Å². The molecule has 1 aromatic heterocycles. The maximum atomic E-state index is 12.6. The summed E-state index contributed by atoms with van der Waals surface area (Å²) in [6, 6.07) is 3.08. The van der Waals surface area contributed by atoms with Crippen molar-refractivity contribution in [3.8, 4) is 0 Å². The summed E-state index contributed by atoms with van der Waals surface area (Å²) in [6.07, 6.45) is 1.32. The molecule has 0 atom stereocenters. The molecule has 2 aromatic rings. The molecule has 0 aliphatic rings. The molecule has 0 radical (unpaired) electrons. The third-order valence-electron chi connectivity index (χ3n) is 2.53. The number of nitrogens with one attached hydrogen (secondary N) is 1. The van der Waals surface area contributed by atoms with Gasteiger partial charge in [-0.1, -0.05) is 0 Å². The number of nitrogens with two attached hydrogens (primary N) is 1. The van der Waals surface area contributed by atoms with Crippen LogP contribution in [0.4, 0.5) is 5.69 Å². The van der Waals surface area contributed by atoms with Gasteiger partial charge in [-0.3, -0.25) is 5.10 Å². The zero-order valence-electron chi connectivity index (χ0n) is 10.3. The normalized spacial score (nSPS) is 12.0. The van der Waals surface area contributed by atoms with Gasteiger partial charge < -0.3 is 5.73 Å². The minimum absolute atomic E-state index is 0.0889. The van der Waals surface area contributed by atoms with E-state index in [1.165, 1.54) is 17.7 Å². The lowest BCUT2D eigenvalue weighted by atomic mass is 10.3. The number of nitrogens with zero attached hydrogens (tertiary/aromatic N) is 3. The third-order valence-corrected chi connectivity index (χ3v) is 6.21. The van der Waals surface area contributed by atoms with Crippen molar-refractivity contribution in [1.82, 2.24) is 19.5 Å². The Bertz CT molecular complexity index is 694. The zero-order valence-corrected chi connectivity index (χ0v) is 14.3. The minimum atomic E-state index is -3.70. The fraction of sp³-hybridized carbons (Fsp3) is 0.200. The highest BCUT2D eigenvalue weighted by Gasteiger charge is 2.27. The first-order valence-electron chi connectivity index (χ1n) is 5.37. The summed E-state index contributed by atoms with van der Waals surface area (Å²) in [6.45, 7) is 0.0889. The van der Waals surface area contributed by atoms with Crippen LogP contribution in [0.5, 0.6) is 0 Å². The monoisotopic (exact) mass is 423 g/mol. The maximum Gasteiger partial charge on any atom is 0.245 e. The molecule has 0 bridgehead atoms. The number of nitrogen functional groups attached to an aromatic ring is 1. The van der Waals surface area contributed by atoms with Crippen LogP contribution >= 0.6 is 31.9 Å². The molecule has 2 rings (SSSR count). The van der Waals surface area contributed by atoms with Crippen LogP contribution in [0.15, 0.2) is 32.3 Å². The van der Waals surface area contributed by atoms with Crippen LogP contribution in [0.3, 0.4) is 0 Å². The van der Waals surface area contributed by atoms with Crippen molar-refractivity contribution in [2.45, 2.75) is 11.4 Å². The number of hydrogen-bond acceptors (Lipinski definition) is 5. The van der Waals surface area contributed by atoms with E-state index in [0.717, 1.165) is 0 Å². The fourth-order valence-electron chi connectivity index (χ4n) is 1.58. The first-order chi connectivity index (χ1) is 9.32. The van der Waals surface area contributed by atoms with Crippen LogP contribution < -0.4 is 5.73 Å². The molecule has 0 amide bonds. The van der Waals surface area contributed by atoms with Gasteiger partial charge in [0.2, 0.25) is 10.0 Å². The van der Waals surface area contributed by atoms with Crippen LogP contribution in [-0.2, 0) is 16.6 Å². The molecule has 7 nitrogen and oxygen atoms in total. The summed E-state index contributed by atoms with van der Waals surface area (Å²) in [7, 11) is -2.23. The molecule has 108 valence electrons. The standard InChI is InChI=1S/C10H11Br2N5O2S/c1-17(4-9-14-5-15-16-9)20(18,19)10-7(11)2-6(13)3-8(10)12/h2-3,5H,4,13H2,1H3,(H,14,15,16). The second-order valence-corrected chi connectivity index (χ2v) is 7.70. The van der Waals surface area contributed by atoms with E-state index in [0.29, 0.717) is 20.5 Å². The van der Waals surface area contributed by atoms with Gasteiger partial charge in [0.25, 0.3) is 0 Å². The summed E-state index contributed by atoms with van der Waals surface area (Å²) in [5.74, 6) is 0.457. The Balaban J connectivity index is 2.40. The van der Waals surface area contributed by atoms with Gasteiger partial charge in [0.15, 0.2) is 0 Å². The number of benzene rings is 1. The highest BCUT2D eigenvalue weighted by atomic mass is 79.9. The van der Waals surface area contributed by atoms with E-state index in [4.69, 9.17) is 5.73 Å². The van der Waals surface area contributed by atoms with Gasteiger partial charge >= 0.3 is 0 Å². The summed E-state index contributed by atoms with van der Waals surface area (Å²) in [5.41, 5.74) is 6.12. The van der Waals surface area contributed by atoms with E-state index >= 15 is 0 Å². The van der Waals surface area contributed by atoms with Crippen LogP contribution in [-0.4, -0.2) is 35.0 Å². The molecular formula is C10H11Br2N5O2S. The predicted octanol–water partition coefficient (Wildman–Crippen LogP) is 1.73. The van der Waals surface area contributed by atoms with Crippen LogP contribution in [0.1, 0.15) is 5.82 Å². The Morgan fingerprint density at radius 2 is 1.95 bits per heavy atom. The average molecular weight is 425 g/mol. The van der Waals surface area contributed by atoms with Crippen molar-refractivity contribution >= 4 is 47.6 Å². The van der Waals surface area contributed by atoms with Gasteiger partial charge in [0, 0.05) is 21.7 Å². The van der Waals surface area contributed by atoms with Gasteiger partial charge in [0.1, 0.15) is 17.0 Å². The fourth-order valence-corrected chi connectivity index (χ4v) is 5.25. The maximum absolute atomic E-state index is 12.6. The average Bonchev–Trinajstić information content (AvgIpc) is 2.79. The molecule has 0 aliphatic heterocycles. The highest BCUT2D eigenvalue weighted by Crippen LogP contribution is 2.34. The largest absolute Gasteiger partial charge is 0.399 e. The van der Waals surface area contributed by atoms with Gasteiger partial charge in [-0.05, 0) is 44.0 Å². The number of aromatic amines is 1. The molecular weight excluding hydrogens is 414 g/mol. The minimum Gasteiger partial charge on any atom is -0.399 e. The predicted molar refractivity (Wildman–Crippen MR) is 81.3 cm³/mol. The molecule has 1 heterocycles. The molecule has 0 unspecified atom stereocenters. The molecule has 20 heavy (non-hydrogen) atoms. The van der Waals surface area contributed by atoms with Gasteiger partial charge in [0.05, 0.1) is 6.54 Å². The van der Waals surface area contributed by atoms with E-state index in [1.807, 2.05) is 0 Å². The first kappa shape index (κ1) is 15.4. The number of anilines is 1. The van der Waals surface area contributed by atoms with Crippen molar-refractivity contribution in [2.24, 2.45) is 0 Å². The Morgan fingerprint density at radius 3 is 2.45 bits per heavy atom. The lowest BCUT2D eigenvalue weighted by Crippen LogP contribution is -2.27. The Labute approximate surface area is 132 Å². The van der Waals surface area contributed by atoms with Crippen molar-refractivity contribution < 1.29 is 8.42 Å². The van der Waals surface area contributed by atoms with Gasteiger partial charge in [-0.25, -0.2) is 13.4 Å². The number of hydrogen-bond donors (Lipinski definition) is 2. The SMILES string of the molecule is CN(Cc1ncn[nH]1)S(=O)(=O)c1c(Br)cc(N)cc1Br. The van der Waals surface area contributed by atoms with Crippen LogP contribution in [0.25, 0.3) is 0 Å². The van der Waals surface area contributed by atoms with Gasteiger partial charge in [-0.15, -0.1) is 0 Å². The lowest BCUT2D eigenvalue weighted by Gasteiger charge is -2.18. The summed E-state index contributed by atoms with van der Waals surface area (Å²) in [5, 5.41) is 6.30. The summed E-state index contributed by atoms with van der Waals surface area (Å²) in [4.78, 5) is 4.03. The smallest absolute Gasteiger partial charge is 0.245 e. The molecule has 0 saturated heterocycles. The quantitative estimate of drug-likeness (QED) is 0.727. The molecule has 1 aromatic carbocycles. The topological polar surface area (TPSA) is 105 Å². The van der Waals surface area contributed by atoms with E-state index in [-0.39, 0.29) is 11.4 Å². The molecule has 0 aliphatic carbocycles. The van der Waals surface area contributed by atoms with Crippen molar-refractivity contribution in [1.29, 1.82) is 0 Å². The molecule has 10 heteroatoms. The lowest BCUT2D eigenvalue weighted by molar-refractivity contribution is 0.456. The number of aromatic nitrogens is 3. The van der Waals surface area contributed by atoms with E-state index in [1.54, 1.807) is 12.1 Å². The van der Waals surface area contributed by atoms with E-state index in [9.17, 15) is 8.42 Å². The first-order valence-corrected chi connectivity index (χ1v) is 8.40. The molecule has 0 spiro atoms. The van der Waals surface area contributed by atoms with Gasteiger partial charge in [-0.2, -0.15) is 9.40 Å². The number of halogens is 2. The zero-order chi connectivity index (χ0) is 14.9. The summed E-state index contributed by atoms with van der Waals surface area (Å²) < 4.78 is 27.1. The number of rotatable bonds is 4. The Morgan fingerprint density at radius 1 is 1.35 bits per heavy atom. The number of H-pyrrole nitrogens is 1. The number of sulfonamides is 1. The Kier molecular flexibility index (Phi) is 4.47. The second kappa shape index (κ2) is 5.80. The molecule has 0 fully saturated rings. The van der Waals surface area contributed by atoms with Crippen molar-refractivity contribution in [2.75, 3.05) is 12.8 Å². The summed E-state index contributed by atoms with van der Waals surface area (Å²) >= 11 is 6.46. The highest BCUT2D eigenvalue weighted by molar-refractivity contribution is 9.11. The van der Waals surface area contributed by atoms with E-state index < -0.39 is 10.0 Å². The molecule has 3 N–H and O–H groups in total. The van der Waals surface area contributed by atoms with Crippen molar-refractivity contribution in [3.63, 3.8) is 0 Å². The molecule has 0 saturated carbocycles. The third kappa shape index (κ3) is 3.03. The second-order valence-electron chi connectivity index (χ2n) is 4.01.